The molecule has 2 aromatic rings. The maximum absolute atomic E-state index is 12.3. The molecule has 0 atom stereocenters. The Morgan fingerprint density at radius 1 is 1.14 bits per heavy atom. The van der Waals surface area contributed by atoms with Crippen LogP contribution in [0.4, 0.5) is 5.69 Å². The first-order chi connectivity index (χ1) is 13.3. The highest BCUT2D eigenvalue weighted by Gasteiger charge is 2.19. The van der Waals surface area contributed by atoms with Crippen molar-refractivity contribution >= 4 is 33.4 Å². The number of anilines is 1. The smallest absolute Gasteiger partial charge is 0.242 e. The summed E-state index contributed by atoms with van der Waals surface area (Å²) in [5.41, 5.74) is 1.64. The maximum atomic E-state index is 12.3. The van der Waals surface area contributed by atoms with Crippen LogP contribution in [0.2, 0.25) is 0 Å². The summed E-state index contributed by atoms with van der Waals surface area (Å²) in [5, 5.41) is 2.75. The Morgan fingerprint density at radius 2 is 1.86 bits per heavy atom. The molecule has 0 aromatic heterocycles. The highest BCUT2D eigenvalue weighted by atomic mass is 32.2. The van der Waals surface area contributed by atoms with Crippen molar-refractivity contribution in [2.24, 2.45) is 0 Å². The van der Waals surface area contributed by atoms with E-state index in [1.807, 2.05) is 18.2 Å². The lowest BCUT2D eigenvalue weighted by atomic mass is 10.1. The molecule has 8 heteroatoms. The summed E-state index contributed by atoms with van der Waals surface area (Å²) < 4.78 is 31.0. The van der Waals surface area contributed by atoms with Gasteiger partial charge < -0.3 is 10.1 Å². The van der Waals surface area contributed by atoms with E-state index in [0.717, 1.165) is 22.9 Å². The van der Waals surface area contributed by atoms with E-state index in [2.05, 4.69) is 17.4 Å². The normalized spacial score (nSPS) is 11.4. The number of thioether (sulfide) groups is 1. The average Bonchev–Trinajstić information content (AvgIpc) is 2.68. The van der Waals surface area contributed by atoms with Crippen molar-refractivity contribution in [2.75, 3.05) is 38.0 Å². The summed E-state index contributed by atoms with van der Waals surface area (Å²) in [7, 11) is 0.810. The van der Waals surface area contributed by atoms with Gasteiger partial charge in [-0.2, -0.15) is 11.8 Å². The minimum atomic E-state index is -3.59. The Kier molecular flexibility index (Phi) is 8.35. The van der Waals surface area contributed by atoms with Crippen LogP contribution in [-0.2, 0) is 21.2 Å². The Morgan fingerprint density at radius 3 is 2.50 bits per heavy atom. The molecule has 2 aromatic carbocycles. The lowest BCUT2D eigenvalue weighted by molar-refractivity contribution is -0.113. The minimum Gasteiger partial charge on any atom is -0.495 e. The molecule has 0 aliphatic heterocycles. The summed E-state index contributed by atoms with van der Waals surface area (Å²) in [4.78, 5) is 12.4. The topological polar surface area (TPSA) is 75.7 Å². The first-order valence-electron chi connectivity index (χ1n) is 8.86. The second kappa shape index (κ2) is 10.5. The van der Waals surface area contributed by atoms with Gasteiger partial charge in [0.15, 0.2) is 0 Å². The van der Waals surface area contributed by atoms with Crippen molar-refractivity contribution in [3.05, 3.63) is 54.1 Å². The zero-order valence-electron chi connectivity index (χ0n) is 16.3. The van der Waals surface area contributed by atoms with Gasteiger partial charge in [-0.1, -0.05) is 30.3 Å². The molecule has 0 saturated carbocycles. The summed E-state index contributed by atoms with van der Waals surface area (Å²) >= 11 is 1.55. The van der Waals surface area contributed by atoms with Crippen LogP contribution < -0.4 is 10.1 Å². The Balaban J connectivity index is 1.90. The SMILES string of the molecule is COc1ccc(S(=O)(=O)N(C)C)cc1NC(=O)CSCCCc1ccccc1. The van der Waals surface area contributed by atoms with Crippen molar-refractivity contribution in [1.82, 2.24) is 4.31 Å². The molecule has 0 radical (unpaired) electrons. The first kappa shape index (κ1) is 22.3. The van der Waals surface area contributed by atoms with Crippen LogP contribution in [-0.4, -0.2) is 51.3 Å². The van der Waals surface area contributed by atoms with E-state index >= 15 is 0 Å². The van der Waals surface area contributed by atoms with Crippen molar-refractivity contribution in [3.63, 3.8) is 0 Å². The molecule has 0 aliphatic carbocycles. The molecule has 1 amide bonds. The summed E-state index contributed by atoms with van der Waals surface area (Å²) in [6.07, 6.45) is 1.97. The van der Waals surface area contributed by atoms with Gasteiger partial charge in [-0.25, -0.2) is 12.7 Å². The van der Waals surface area contributed by atoms with Crippen molar-refractivity contribution in [2.45, 2.75) is 17.7 Å². The Bertz CT molecular complexity index is 884. The van der Waals surface area contributed by atoms with Gasteiger partial charge in [0.1, 0.15) is 5.75 Å². The summed E-state index contributed by atoms with van der Waals surface area (Å²) in [6, 6.07) is 14.7. The van der Waals surface area contributed by atoms with Crippen LogP contribution in [0.3, 0.4) is 0 Å². The van der Waals surface area contributed by atoms with Crippen molar-refractivity contribution in [1.29, 1.82) is 0 Å². The van der Waals surface area contributed by atoms with Crippen LogP contribution in [0.1, 0.15) is 12.0 Å². The second-order valence-corrected chi connectivity index (χ2v) is 9.60. The van der Waals surface area contributed by atoms with Crippen molar-refractivity contribution < 1.29 is 17.9 Å². The zero-order valence-corrected chi connectivity index (χ0v) is 18.0. The van der Waals surface area contributed by atoms with E-state index in [1.54, 1.807) is 17.8 Å². The van der Waals surface area contributed by atoms with Gasteiger partial charge in [0.25, 0.3) is 0 Å². The molecule has 0 aliphatic rings. The van der Waals surface area contributed by atoms with Gasteiger partial charge in [-0.15, -0.1) is 0 Å². The summed E-state index contributed by atoms with van der Waals surface area (Å²) in [5.74, 6) is 1.39. The lowest BCUT2D eigenvalue weighted by Gasteiger charge is -2.15. The Labute approximate surface area is 171 Å². The van der Waals surface area contributed by atoms with E-state index in [0.29, 0.717) is 17.2 Å². The van der Waals surface area contributed by atoms with Gasteiger partial charge in [0.2, 0.25) is 15.9 Å². The molecular weight excluding hydrogens is 396 g/mol. The van der Waals surface area contributed by atoms with E-state index in [1.165, 1.54) is 38.9 Å². The highest BCUT2D eigenvalue weighted by molar-refractivity contribution is 7.99. The molecule has 0 spiro atoms. The van der Waals surface area contributed by atoms with Crippen LogP contribution in [0.25, 0.3) is 0 Å². The molecule has 0 heterocycles. The predicted molar refractivity (Wildman–Crippen MR) is 115 cm³/mol. The highest BCUT2D eigenvalue weighted by Crippen LogP contribution is 2.28. The van der Waals surface area contributed by atoms with Gasteiger partial charge >= 0.3 is 0 Å². The predicted octanol–water partition coefficient (Wildman–Crippen LogP) is 3.25. The van der Waals surface area contributed by atoms with E-state index < -0.39 is 10.0 Å². The van der Waals surface area contributed by atoms with Crippen LogP contribution in [0.15, 0.2) is 53.4 Å². The molecule has 1 N–H and O–H groups in total. The van der Waals surface area contributed by atoms with E-state index in [9.17, 15) is 13.2 Å². The van der Waals surface area contributed by atoms with Gasteiger partial charge in [-0.05, 0) is 42.4 Å². The molecule has 152 valence electrons. The fourth-order valence-electron chi connectivity index (χ4n) is 2.53. The average molecular weight is 423 g/mol. The monoisotopic (exact) mass is 422 g/mol. The van der Waals surface area contributed by atoms with Crippen LogP contribution in [0.5, 0.6) is 5.75 Å². The molecular formula is C20H26N2O4S2. The molecule has 28 heavy (non-hydrogen) atoms. The summed E-state index contributed by atoms with van der Waals surface area (Å²) in [6.45, 7) is 0. The number of carbonyl (C=O) groups excluding carboxylic acids is 1. The molecule has 0 fully saturated rings. The number of nitrogens with zero attached hydrogens (tertiary/aromatic N) is 1. The molecule has 2 rings (SSSR count). The number of aryl methyl sites for hydroxylation is 1. The molecule has 0 bridgehead atoms. The maximum Gasteiger partial charge on any atom is 0.242 e. The lowest BCUT2D eigenvalue weighted by Crippen LogP contribution is -2.22. The largest absolute Gasteiger partial charge is 0.495 e. The van der Waals surface area contributed by atoms with Crippen LogP contribution >= 0.6 is 11.8 Å². The number of hydrogen-bond donors (Lipinski definition) is 1. The molecule has 0 unspecified atom stereocenters. The third-order valence-corrected chi connectivity index (χ3v) is 6.91. The fraction of sp³-hybridized carbons (Fsp3) is 0.350. The van der Waals surface area contributed by atoms with Crippen molar-refractivity contribution in [3.8, 4) is 5.75 Å². The number of ether oxygens (including phenoxy) is 1. The second-order valence-electron chi connectivity index (χ2n) is 6.34. The number of benzene rings is 2. The number of amides is 1. The van der Waals surface area contributed by atoms with Gasteiger partial charge in [0.05, 0.1) is 23.4 Å². The number of carbonyl (C=O) groups is 1. The number of hydrogen-bond acceptors (Lipinski definition) is 5. The van der Waals surface area contributed by atoms with Gasteiger partial charge in [0, 0.05) is 14.1 Å². The minimum absolute atomic E-state index is 0.101. The standard InChI is InChI=1S/C20H26N2O4S2/c1-22(2)28(24,25)17-11-12-19(26-3)18(14-17)21-20(23)15-27-13-7-10-16-8-5-4-6-9-16/h4-6,8-9,11-12,14H,7,10,13,15H2,1-3H3,(H,21,23). The zero-order chi connectivity index (χ0) is 20.6. The Hall–Kier alpha value is -2.03. The number of sulfonamides is 1. The molecule has 0 saturated heterocycles. The third-order valence-electron chi connectivity index (χ3n) is 4.05. The third kappa shape index (κ3) is 6.25. The number of methoxy groups -OCH3 is 1. The quantitative estimate of drug-likeness (QED) is 0.595. The molecule has 6 nitrogen and oxygen atoms in total. The van der Waals surface area contributed by atoms with E-state index in [-0.39, 0.29) is 10.8 Å². The van der Waals surface area contributed by atoms with Gasteiger partial charge in [-0.3, -0.25) is 4.79 Å². The van der Waals surface area contributed by atoms with Crippen LogP contribution in [0, 0.1) is 0 Å². The number of nitrogens with one attached hydrogen (secondary N) is 1. The first-order valence-corrected chi connectivity index (χ1v) is 11.5. The number of rotatable bonds is 10. The fourth-order valence-corrected chi connectivity index (χ4v) is 4.21. The van der Waals surface area contributed by atoms with E-state index in [4.69, 9.17) is 4.74 Å².